The third-order valence-electron chi connectivity index (χ3n) is 4.90. The number of hydrogen-bond donors (Lipinski definition) is 9. The Kier molecular flexibility index (Phi) is 14.1. The summed E-state index contributed by atoms with van der Waals surface area (Å²) in [5.41, 5.74) is 21.5. The molecule has 0 saturated carbocycles. The zero-order valence-electron chi connectivity index (χ0n) is 20.2. The standard InChI is InChI=1S/C20H36N8O8/c1-9(2)15(22)18(34)28-12(8-13(21)29)17(33)26-10(4-3-7-25-20(23)24)16(32)27-11(19(35)36)5-6-14(30)31/h9-12,15H,3-8,22H2,1-2H3,(H2,21,29)(H,26,33)(H,27,32)(H,28,34)(H,30,31)(H,35,36)(H4,23,24,25). The predicted molar refractivity (Wildman–Crippen MR) is 127 cm³/mol. The first kappa shape index (κ1) is 32.0. The maximum atomic E-state index is 12.9. The number of guanidine groups is 1. The van der Waals surface area contributed by atoms with Crippen molar-refractivity contribution in [2.24, 2.45) is 33.8 Å². The van der Waals surface area contributed by atoms with E-state index in [1.807, 2.05) is 0 Å². The number of rotatable bonds is 17. The lowest BCUT2D eigenvalue weighted by molar-refractivity contribution is -0.143. The predicted octanol–water partition coefficient (Wildman–Crippen LogP) is -3.70. The Bertz CT molecular complexity index is 844. The molecule has 0 fully saturated rings. The molecule has 0 aromatic rings. The van der Waals surface area contributed by atoms with Crippen LogP contribution in [-0.2, 0) is 28.8 Å². The average Bonchev–Trinajstić information content (AvgIpc) is 2.76. The number of nitrogens with two attached hydrogens (primary N) is 4. The number of nitrogens with one attached hydrogen (secondary N) is 3. The molecule has 36 heavy (non-hydrogen) atoms. The molecule has 0 aromatic heterocycles. The quantitative estimate of drug-likeness (QED) is 0.0514. The minimum atomic E-state index is -1.55. The summed E-state index contributed by atoms with van der Waals surface area (Å²) in [5.74, 6) is -6.74. The molecule has 0 bridgehead atoms. The van der Waals surface area contributed by atoms with Crippen molar-refractivity contribution in [2.75, 3.05) is 6.54 Å². The average molecular weight is 517 g/mol. The van der Waals surface area contributed by atoms with Crippen molar-refractivity contribution in [2.45, 2.75) is 70.1 Å². The van der Waals surface area contributed by atoms with Gasteiger partial charge >= 0.3 is 11.9 Å². The maximum Gasteiger partial charge on any atom is 0.326 e. The number of aliphatic carboxylic acids is 2. The molecule has 4 atom stereocenters. The normalized spacial score (nSPS) is 14.0. The molecule has 0 saturated heterocycles. The van der Waals surface area contributed by atoms with E-state index < -0.39 is 79.0 Å². The van der Waals surface area contributed by atoms with Gasteiger partial charge in [0.1, 0.15) is 18.1 Å². The van der Waals surface area contributed by atoms with E-state index in [1.165, 1.54) is 0 Å². The van der Waals surface area contributed by atoms with Gasteiger partial charge in [-0.2, -0.15) is 0 Å². The van der Waals surface area contributed by atoms with Crippen molar-refractivity contribution in [3.8, 4) is 0 Å². The Hall–Kier alpha value is -3.95. The Morgan fingerprint density at radius 3 is 1.81 bits per heavy atom. The fraction of sp³-hybridized carbons (Fsp3) is 0.650. The summed E-state index contributed by atoms with van der Waals surface area (Å²) in [6.45, 7) is 3.43. The molecule has 16 nitrogen and oxygen atoms in total. The Morgan fingerprint density at radius 1 is 0.806 bits per heavy atom. The van der Waals surface area contributed by atoms with Gasteiger partial charge in [0.05, 0.1) is 12.5 Å². The molecule has 0 aromatic carbocycles. The first-order valence-corrected chi connectivity index (χ1v) is 11.1. The van der Waals surface area contributed by atoms with Gasteiger partial charge in [0.2, 0.25) is 23.6 Å². The van der Waals surface area contributed by atoms with E-state index in [0.717, 1.165) is 0 Å². The molecule has 0 aliphatic carbocycles. The van der Waals surface area contributed by atoms with E-state index in [2.05, 4.69) is 20.9 Å². The minimum Gasteiger partial charge on any atom is -0.481 e. The lowest BCUT2D eigenvalue weighted by Crippen LogP contribution is -2.58. The lowest BCUT2D eigenvalue weighted by Gasteiger charge is -2.25. The summed E-state index contributed by atoms with van der Waals surface area (Å²) in [6, 6.07) is -5.34. The molecular weight excluding hydrogens is 480 g/mol. The van der Waals surface area contributed by atoms with E-state index in [1.54, 1.807) is 13.8 Å². The van der Waals surface area contributed by atoms with Crippen molar-refractivity contribution in [1.82, 2.24) is 16.0 Å². The van der Waals surface area contributed by atoms with E-state index in [-0.39, 0.29) is 31.3 Å². The van der Waals surface area contributed by atoms with Crippen LogP contribution in [0.15, 0.2) is 4.99 Å². The summed E-state index contributed by atoms with van der Waals surface area (Å²) >= 11 is 0. The number of carboxylic acid groups (broad SMARTS) is 2. The number of carbonyl (C=O) groups excluding carboxylic acids is 4. The number of hydrogen-bond acceptors (Lipinski definition) is 8. The van der Waals surface area contributed by atoms with Crippen molar-refractivity contribution < 1.29 is 39.0 Å². The van der Waals surface area contributed by atoms with Gasteiger partial charge in [-0.3, -0.25) is 29.0 Å². The zero-order chi connectivity index (χ0) is 28.0. The summed E-state index contributed by atoms with van der Waals surface area (Å²) in [6.07, 6.45) is -1.42. The van der Waals surface area contributed by atoms with Crippen LogP contribution >= 0.6 is 0 Å². The second kappa shape index (κ2) is 15.9. The van der Waals surface area contributed by atoms with E-state index in [9.17, 15) is 33.9 Å². The highest BCUT2D eigenvalue weighted by atomic mass is 16.4. The van der Waals surface area contributed by atoms with Crippen LogP contribution in [0.5, 0.6) is 0 Å². The van der Waals surface area contributed by atoms with E-state index in [0.29, 0.717) is 0 Å². The Balaban J connectivity index is 5.68. The van der Waals surface area contributed by atoms with Crippen LogP contribution in [0.4, 0.5) is 0 Å². The fourth-order valence-electron chi connectivity index (χ4n) is 2.82. The van der Waals surface area contributed by atoms with Gasteiger partial charge in [0.25, 0.3) is 0 Å². The van der Waals surface area contributed by atoms with Crippen LogP contribution in [0.2, 0.25) is 0 Å². The fourth-order valence-corrected chi connectivity index (χ4v) is 2.82. The highest BCUT2D eigenvalue weighted by molar-refractivity contribution is 5.96. The van der Waals surface area contributed by atoms with Gasteiger partial charge in [-0.05, 0) is 25.2 Å². The van der Waals surface area contributed by atoms with Gasteiger partial charge in [-0.25, -0.2) is 4.79 Å². The molecule has 4 unspecified atom stereocenters. The van der Waals surface area contributed by atoms with Gasteiger partial charge in [-0.15, -0.1) is 0 Å². The number of carboxylic acids is 2. The van der Waals surface area contributed by atoms with Crippen LogP contribution in [-0.4, -0.2) is 82.5 Å². The Labute approximate surface area is 207 Å². The highest BCUT2D eigenvalue weighted by Gasteiger charge is 2.31. The van der Waals surface area contributed by atoms with E-state index >= 15 is 0 Å². The molecule has 204 valence electrons. The summed E-state index contributed by atoms with van der Waals surface area (Å²) < 4.78 is 0. The molecular formula is C20H36N8O8. The monoisotopic (exact) mass is 516 g/mol. The molecule has 0 rings (SSSR count). The molecule has 0 aliphatic heterocycles. The number of nitrogens with zero attached hydrogens (tertiary/aromatic N) is 1. The van der Waals surface area contributed by atoms with Gasteiger partial charge in [0.15, 0.2) is 5.96 Å². The lowest BCUT2D eigenvalue weighted by atomic mass is 10.0. The second-order valence-corrected chi connectivity index (χ2v) is 8.34. The second-order valence-electron chi connectivity index (χ2n) is 8.34. The molecule has 0 spiro atoms. The zero-order valence-corrected chi connectivity index (χ0v) is 20.2. The van der Waals surface area contributed by atoms with Gasteiger partial charge in [-0.1, -0.05) is 13.8 Å². The smallest absolute Gasteiger partial charge is 0.326 e. The van der Waals surface area contributed by atoms with Crippen molar-refractivity contribution in [3.63, 3.8) is 0 Å². The molecule has 0 heterocycles. The summed E-state index contributed by atoms with van der Waals surface area (Å²) in [4.78, 5) is 75.5. The Morgan fingerprint density at radius 2 is 1.33 bits per heavy atom. The third-order valence-corrected chi connectivity index (χ3v) is 4.90. The SMILES string of the molecule is CC(C)C(N)C(=O)NC(CC(N)=O)C(=O)NC(CCCN=C(N)N)C(=O)NC(CCC(=O)O)C(=O)O. The van der Waals surface area contributed by atoms with Crippen LogP contribution < -0.4 is 38.9 Å². The van der Waals surface area contributed by atoms with Crippen LogP contribution in [0.3, 0.4) is 0 Å². The summed E-state index contributed by atoms with van der Waals surface area (Å²) in [5, 5.41) is 25.0. The maximum absolute atomic E-state index is 12.9. The third kappa shape index (κ3) is 13.1. The van der Waals surface area contributed by atoms with Crippen LogP contribution in [0, 0.1) is 5.92 Å². The minimum absolute atomic E-state index is 0.0671. The van der Waals surface area contributed by atoms with Crippen molar-refractivity contribution in [3.05, 3.63) is 0 Å². The largest absolute Gasteiger partial charge is 0.481 e. The highest BCUT2D eigenvalue weighted by Crippen LogP contribution is 2.06. The first-order chi connectivity index (χ1) is 16.6. The number of aliphatic imine (C=N–C) groups is 1. The molecule has 13 N–H and O–H groups in total. The van der Waals surface area contributed by atoms with Crippen molar-refractivity contribution in [1.29, 1.82) is 0 Å². The summed E-state index contributed by atoms with van der Waals surface area (Å²) in [7, 11) is 0. The van der Waals surface area contributed by atoms with E-state index in [4.69, 9.17) is 28.0 Å². The van der Waals surface area contributed by atoms with Crippen LogP contribution in [0.1, 0.15) is 46.0 Å². The topological polar surface area (TPSA) is 295 Å². The van der Waals surface area contributed by atoms with Crippen molar-refractivity contribution >= 4 is 41.5 Å². The van der Waals surface area contributed by atoms with Gasteiger partial charge in [0, 0.05) is 13.0 Å². The van der Waals surface area contributed by atoms with Gasteiger partial charge < -0.3 is 49.1 Å². The first-order valence-electron chi connectivity index (χ1n) is 11.1. The molecule has 16 heteroatoms. The molecule has 4 amide bonds. The van der Waals surface area contributed by atoms with Crippen LogP contribution in [0.25, 0.3) is 0 Å². The number of carbonyl (C=O) groups is 6. The molecule has 0 radical (unpaired) electrons. The number of amides is 4. The molecule has 0 aliphatic rings. The number of primary amides is 1.